The van der Waals surface area contributed by atoms with Gasteiger partial charge in [0.05, 0.1) is 18.9 Å². The van der Waals surface area contributed by atoms with Gasteiger partial charge in [-0.15, -0.1) is 0 Å². The lowest BCUT2D eigenvalue weighted by molar-refractivity contribution is -0.909. The molecule has 1 saturated heterocycles. The monoisotopic (exact) mass is 418 g/mol. The number of fused-ring (bicyclic) bond motifs is 1. The van der Waals surface area contributed by atoms with Crippen molar-refractivity contribution in [1.82, 2.24) is 5.32 Å². The summed E-state index contributed by atoms with van der Waals surface area (Å²) in [6.07, 6.45) is 0. The van der Waals surface area contributed by atoms with Crippen molar-refractivity contribution in [3.8, 4) is 0 Å². The van der Waals surface area contributed by atoms with Gasteiger partial charge in [-0.2, -0.15) is 0 Å². The highest BCUT2D eigenvalue weighted by Crippen LogP contribution is 2.34. The van der Waals surface area contributed by atoms with Crippen molar-refractivity contribution in [2.45, 2.75) is 16.8 Å². The minimum Gasteiger partial charge on any atom is -0.370 e. The third-order valence-electron chi connectivity index (χ3n) is 4.89. The zero-order valence-corrected chi connectivity index (χ0v) is 16.7. The highest BCUT2D eigenvalue weighted by atomic mass is 35.5. The van der Waals surface area contributed by atoms with Gasteiger partial charge in [0.2, 0.25) is 5.37 Å². The molecule has 2 aromatic carbocycles. The Morgan fingerprint density at radius 2 is 2.04 bits per heavy atom. The van der Waals surface area contributed by atoms with Gasteiger partial charge in [0.25, 0.3) is 11.8 Å². The lowest BCUT2D eigenvalue weighted by Gasteiger charge is -2.32. The fourth-order valence-electron chi connectivity index (χ4n) is 3.33. The van der Waals surface area contributed by atoms with Gasteiger partial charge in [-0.1, -0.05) is 41.6 Å². The Balaban J connectivity index is 1.44. The second-order valence-electron chi connectivity index (χ2n) is 6.74. The van der Waals surface area contributed by atoms with Crippen LogP contribution in [0.4, 0.5) is 5.69 Å². The largest absolute Gasteiger partial charge is 0.370 e. The Morgan fingerprint density at radius 3 is 2.82 bits per heavy atom. The van der Waals surface area contributed by atoms with E-state index in [0.29, 0.717) is 36.0 Å². The van der Waals surface area contributed by atoms with Crippen LogP contribution in [0.1, 0.15) is 15.9 Å². The normalized spacial score (nSPS) is 19.6. The fourth-order valence-corrected chi connectivity index (χ4v) is 4.74. The number of quaternary nitrogens is 1. The van der Waals surface area contributed by atoms with Crippen molar-refractivity contribution in [3.05, 3.63) is 58.6 Å². The lowest BCUT2D eigenvalue weighted by Crippen LogP contribution is -3.18. The summed E-state index contributed by atoms with van der Waals surface area (Å²) in [5.41, 5.74) is 2.05. The summed E-state index contributed by atoms with van der Waals surface area (Å²) >= 11 is 7.68. The zero-order valence-electron chi connectivity index (χ0n) is 15.2. The molecule has 2 amide bonds. The number of thioether (sulfide) groups is 1. The fraction of sp³-hybridized carbons (Fsp3) is 0.300. The van der Waals surface area contributed by atoms with E-state index in [0.717, 1.165) is 23.5 Å². The molecule has 0 bridgehead atoms. The van der Waals surface area contributed by atoms with Crippen molar-refractivity contribution in [2.24, 2.45) is 0 Å². The summed E-state index contributed by atoms with van der Waals surface area (Å²) in [6, 6.07) is 12.8. The van der Waals surface area contributed by atoms with Crippen LogP contribution in [0, 0.1) is 0 Å². The highest BCUT2D eigenvalue weighted by Gasteiger charge is 2.36. The summed E-state index contributed by atoms with van der Waals surface area (Å²) in [4.78, 5) is 27.3. The molecule has 6 nitrogen and oxygen atoms in total. The van der Waals surface area contributed by atoms with Crippen molar-refractivity contribution in [3.63, 3.8) is 0 Å². The van der Waals surface area contributed by atoms with Crippen LogP contribution in [0.25, 0.3) is 0 Å². The first-order chi connectivity index (χ1) is 13.6. The van der Waals surface area contributed by atoms with E-state index in [4.69, 9.17) is 16.3 Å². The van der Waals surface area contributed by atoms with Gasteiger partial charge in [-0.05, 0) is 29.8 Å². The van der Waals surface area contributed by atoms with Crippen LogP contribution in [0.15, 0.2) is 47.4 Å². The van der Waals surface area contributed by atoms with Crippen LogP contribution in [0.2, 0.25) is 5.02 Å². The second kappa shape index (κ2) is 8.53. The Kier molecular flexibility index (Phi) is 5.87. The summed E-state index contributed by atoms with van der Waals surface area (Å²) in [7, 11) is 0. The van der Waals surface area contributed by atoms with Crippen molar-refractivity contribution >= 4 is 40.9 Å². The topological polar surface area (TPSA) is 71.9 Å². The number of benzene rings is 2. The maximum Gasteiger partial charge on any atom is 0.294 e. The maximum atomic E-state index is 12.6. The molecule has 0 spiro atoms. The number of carbonyl (C=O) groups excluding carboxylic acids is 2. The number of hydrogen-bond acceptors (Lipinski definition) is 4. The molecule has 2 aliphatic rings. The van der Waals surface area contributed by atoms with E-state index < -0.39 is 0 Å². The van der Waals surface area contributed by atoms with Crippen LogP contribution >= 0.6 is 23.4 Å². The van der Waals surface area contributed by atoms with Gasteiger partial charge in [0, 0.05) is 22.0 Å². The first-order valence-corrected chi connectivity index (χ1v) is 10.4. The quantitative estimate of drug-likeness (QED) is 0.704. The minimum atomic E-state index is -0.206. The molecule has 1 unspecified atom stereocenters. The summed E-state index contributed by atoms with van der Waals surface area (Å²) in [5, 5.41) is 6.27. The van der Waals surface area contributed by atoms with Crippen LogP contribution in [0.3, 0.4) is 0 Å². The number of carbonyl (C=O) groups is 2. The molecule has 1 atom stereocenters. The molecule has 28 heavy (non-hydrogen) atoms. The number of hydrogen-bond donors (Lipinski definition) is 3. The van der Waals surface area contributed by atoms with E-state index in [1.807, 2.05) is 24.3 Å². The molecule has 1 fully saturated rings. The van der Waals surface area contributed by atoms with E-state index in [1.54, 1.807) is 30.0 Å². The number of nitrogens with one attached hydrogen (secondary N) is 3. The highest BCUT2D eigenvalue weighted by molar-refractivity contribution is 8.00. The number of anilines is 1. The Bertz CT molecular complexity index is 902. The van der Waals surface area contributed by atoms with Gasteiger partial charge in [0.1, 0.15) is 13.1 Å². The van der Waals surface area contributed by atoms with Crippen molar-refractivity contribution in [2.75, 3.05) is 31.6 Å². The van der Waals surface area contributed by atoms with Gasteiger partial charge >= 0.3 is 0 Å². The first kappa shape index (κ1) is 19.3. The standard InChI is InChI=1S/C20H20ClN3O3S/c21-15-4-2-1-3-14(15)12-22-18(25)13-5-6-17-16(11-13)23-19(26)20(28-17)24-7-9-27-10-8-24/h1-6,11,20H,7-10,12H2,(H,22,25)(H,23,26)/p+1. The van der Waals surface area contributed by atoms with E-state index in [2.05, 4.69) is 10.6 Å². The molecule has 2 heterocycles. The predicted molar refractivity (Wildman–Crippen MR) is 109 cm³/mol. The predicted octanol–water partition coefficient (Wildman–Crippen LogP) is 1.56. The molecule has 0 aliphatic carbocycles. The van der Waals surface area contributed by atoms with Gasteiger partial charge < -0.3 is 20.3 Å². The third kappa shape index (κ3) is 4.17. The minimum absolute atomic E-state index is 0.0250. The number of rotatable bonds is 4. The molecule has 0 aromatic heterocycles. The summed E-state index contributed by atoms with van der Waals surface area (Å²) < 4.78 is 5.39. The van der Waals surface area contributed by atoms with E-state index >= 15 is 0 Å². The van der Waals surface area contributed by atoms with Gasteiger partial charge in [-0.3, -0.25) is 9.59 Å². The van der Waals surface area contributed by atoms with Crippen LogP contribution in [-0.4, -0.2) is 43.5 Å². The number of ether oxygens (including phenoxy) is 1. The number of amides is 2. The Hall–Kier alpha value is -2.06. The van der Waals surface area contributed by atoms with Crippen LogP contribution in [0.5, 0.6) is 0 Å². The third-order valence-corrected chi connectivity index (χ3v) is 6.65. The maximum absolute atomic E-state index is 12.6. The summed E-state index contributed by atoms with van der Waals surface area (Å²) in [6.45, 7) is 3.35. The molecule has 0 radical (unpaired) electrons. The van der Waals surface area contributed by atoms with E-state index in [1.165, 1.54) is 4.90 Å². The average Bonchev–Trinajstić information content (AvgIpc) is 2.72. The molecule has 2 aromatic rings. The molecule has 146 valence electrons. The molecule has 4 rings (SSSR count). The molecular formula is C20H21ClN3O3S+. The van der Waals surface area contributed by atoms with Gasteiger partial charge in [-0.25, -0.2) is 0 Å². The van der Waals surface area contributed by atoms with Crippen LogP contribution < -0.4 is 15.5 Å². The van der Waals surface area contributed by atoms with Crippen LogP contribution in [-0.2, 0) is 16.1 Å². The Labute approximate surface area is 172 Å². The molecule has 2 aliphatic heterocycles. The smallest absolute Gasteiger partial charge is 0.294 e. The number of halogens is 1. The molecule has 3 N–H and O–H groups in total. The second-order valence-corrected chi connectivity index (χ2v) is 8.30. The van der Waals surface area contributed by atoms with Crippen molar-refractivity contribution in [1.29, 1.82) is 0 Å². The van der Waals surface area contributed by atoms with E-state index in [9.17, 15) is 9.59 Å². The first-order valence-electron chi connectivity index (χ1n) is 9.17. The SMILES string of the molecule is O=C(NCc1ccccc1Cl)c1ccc2c(c1)NC(=O)C([NH+]1CCOCC1)S2. The number of morpholine rings is 1. The molecule has 8 heteroatoms. The Morgan fingerprint density at radius 1 is 1.25 bits per heavy atom. The molecular weight excluding hydrogens is 398 g/mol. The van der Waals surface area contributed by atoms with E-state index in [-0.39, 0.29) is 17.2 Å². The lowest BCUT2D eigenvalue weighted by atomic mass is 10.1. The van der Waals surface area contributed by atoms with Crippen molar-refractivity contribution < 1.29 is 19.2 Å². The average molecular weight is 419 g/mol. The molecule has 0 saturated carbocycles. The summed E-state index contributed by atoms with van der Waals surface area (Å²) in [5.74, 6) is -0.231. The zero-order chi connectivity index (χ0) is 19.5. The van der Waals surface area contributed by atoms with Gasteiger partial charge in [0.15, 0.2) is 0 Å².